The Labute approximate surface area is 277 Å². The highest BCUT2D eigenvalue weighted by molar-refractivity contribution is 6.42. The zero-order chi connectivity index (χ0) is 32.1. The topological polar surface area (TPSA) is 70.9 Å². The van der Waals surface area contributed by atoms with Crippen LogP contribution >= 0.6 is 23.2 Å². The van der Waals surface area contributed by atoms with E-state index in [4.69, 9.17) is 23.2 Å². The lowest BCUT2D eigenvalue weighted by molar-refractivity contribution is -0.147. The number of likely N-dealkylation sites (tertiary alicyclic amines) is 2. The largest absolute Gasteiger partial charge is 0.347 e. The molecule has 0 bridgehead atoms. The fourth-order valence-electron chi connectivity index (χ4n) is 7.19. The van der Waals surface area contributed by atoms with Crippen LogP contribution in [0.5, 0.6) is 0 Å². The highest BCUT2D eigenvalue weighted by atomic mass is 35.5. The third-order valence-corrected chi connectivity index (χ3v) is 10.5. The third kappa shape index (κ3) is 7.31. The van der Waals surface area contributed by atoms with Crippen LogP contribution in [0.4, 0.5) is 0 Å². The van der Waals surface area contributed by atoms with Crippen molar-refractivity contribution in [2.75, 3.05) is 60.4 Å². The molecule has 1 unspecified atom stereocenters. The molecular formula is C36H43Cl2N5O2. The van der Waals surface area contributed by atoms with Crippen LogP contribution in [-0.2, 0) is 4.79 Å². The van der Waals surface area contributed by atoms with Crippen molar-refractivity contribution in [3.8, 4) is 6.07 Å². The Bertz CT molecular complexity index is 1570. The molecule has 2 amide bonds. The van der Waals surface area contributed by atoms with Gasteiger partial charge in [-0.05, 0) is 92.3 Å². The van der Waals surface area contributed by atoms with Crippen LogP contribution in [-0.4, -0.2) is 97.4 Å². The van der Waals surface area contributed by atoms with Crippen LogP contribution in [0, 0.1) is 11.3 Å². The highest BCUT2D eigenvalue weighted by Gasteiger charge is 2.47. The molecule has 9 heteroatoms. The number of carbonyl (C=O) groups excluding carboxylic acids is 2. The summed E-state index contributed by atoms with van der Waals surface area (Å²) in [6.45, 7) is 5.01. The summed E-state index contributed by atoms with van der Waals surface area (Å²) >= 11 is 12.7. The average Bonchev–Trinajstić information content (AvgIpc) is 3.07. The minimum Gasteiger partial charge on any atom is -0.347 e. The number of nitrogens with zero attached hydrogens (tertiary/aromatic N) is 5. The van der Waals surface area contributed by atoms with Crippen LogP contribution in [0.2, 0.25) is 10.0 Å². The number of rotatable bonds is 9. The Morgan fingerprint density at radius 3 is 2.31 bits per heavy atom. The van der Waals surface area contributed by atoms with Gasteiger partial charge in [-0.15, -0.1) is 0 Å². The molecule has 2 fully saturated rings. The van der Waals surface area contributed by atoms with E-state index in [1.54, 1.807) is 15.9 Å². The number of likely N-dealkylation sites (N-methyl/N-ethyl adjacent to an activating group) is 2. The van der Waals surface area contributed by atoms with E-state index < -0.39 is 5.54 Å². The molecule has 2 saturated heterocycles. The van der Waals surface area contributed by atoms with Crippen LogP contribution in [0.3, 0.4) is 0 Å². The number of nitriles is 1. The molecule has 2 aliphatic rings. The second kappa shape index (κ2) is 14.5. The van der Waals surface area contributed by atoms with Gasteiger partial charge < -0.3 is 14.7 Å². The second-order valence-corrected chi connectivity index (χ2v) is 13.6. The maximum absolute atomic E-state index is 13.9. The quantitative estimate of drug-likeness (QED) is 0.259. The summed E-state index contributed by atoms with van der Waals surface area (Å²) in [6, 6.07) is 19.1. The monoisotopic (exact) mass is 647 g/mol. The number of benzene rings is 3. The van der Waals surface area contributed by atoms with Crippen molar-refractivity contribution < 1.29 is 9.59 Å². The number of carbonyl (C=O) groups is 2. The summed E-state index contributed by atoms with van der Waals surface area (Å²) in [6.07, 6.45) is 6.00. The molecule has 0 radical (unpaired) electrons. The first-order valence-corrected chi connectivity index (χ1v) is 16.7. The van der Waals surface area contributed by atoms with E-state index in [0.717, 1.165) is 81.2 Å². The Morgan fingerprint density at radius 2 is 1.64 bits per heavy atom. The molecule has 238 valence electrons. The lowest BCUT2D eigenvalue weighted by atomic mass is 9.82. The number of hydrogen-bond donors (Lipinski definition) is 0. The molecule has 45 heavy (non-hydrogen) atoms. The summed E-state index contributed by atoms with van der Waals surface area (Å²) in [5.74, 6) is 0.113. The molecule has 0 aromatic heterocycles. The van der Waals surface area contributed by atoms with Crippen molar-refractivity contribution in [2.24, 2.45) is 0 Å². The van der Waals surface area contributed by atoms with Crippen molar-refractivity contribution in [3.05, 3.63) is 81.3 Å². The van der Waals surface area contributed by atoms with Crippen LogP contribution in [0.15, 0.2) is 54.6 Å². The van der Waals surface area contributed by atoms with E-state index in [0.29, 0.717) is 27.7 Å². The van der Waals surface area contributed by atoms with E-state index in [2.05, 4.69) is 15.9 Å². The fraction of sp³-hybridized carbons (Fsp3) is 0.472. The standard InChI is InChI=1S/C36H43Cl2N5O2/c1-40(2)35(45)36(43-16-7-4-8-17-43)14-19-42(20-15-36)18-13-29(27-11-12-32(37)33(38)23-27)25-41(3)34(44)31-22-26(24-39)21-28-9-5-6-10-30(28)31/h5-6,9-12,21-23,29H,4,7-8,13-20,25H2,1-3H3. The summed E-state index contributed by atoms with van der Waals surface area (Å²) in [5, 5.41) is 12.3. The molecule has 7 nitrogen and oxygen atoms in total. The Balaban J connectivity index is 1.32. The fourth-order valence-corrected chi connectivity index (χ4v) is 7.50. The zero-order valence-corrected chi connectivity index (χ0v) is 28.1. The van der Waals surface area contributed by atoms with Gasteiger partial charge in [-0.3, -0.25) is 14.5 Å². The van der Waals surface area contributed by atoms with Crippen molar-refractivity contribution in [1.29, 1.82) is 5.26 Å². The summed E-state index contributed by atoms with van der Waals surface area (Å²) in [7, 11) is 5.57. The van der Waals surface area contributed by atoms with Crippen molar-refractivity contribution in [3.63, 3.8) is 0 Å². The van der Waals surface area contributed by atoms with E-state index in [1.165, 1.54) is 6.42 Å². The highest BCUT2D eigenvalue weighted by Crippen LogP contribution is 2.35. The van der Waals surface area contributed by atoms with E-state index >= 15 is 0 Å². The van der Waals surface area contributed by atoms with Gasteiger partial charge in [0.2, 0.25) is 5.91 Å². The van der Waals surface area contributed by atoms with E-state index in [1.807, 2.05) is 69.7 Å². The van der Waals surface area contributed by atoms with Gasteiger partial charge in [-0.25, -0.2) is 0 Å². The van der Waals surface area contributed by atoms with Crippen LogP contribution in [0.1, 0.15) is 65.9 Å². The Kier molecular flexibility index (Phi) is 10.7. The first-order chi connectivity index (χ1) is 21.6. The van der Waals surface area contributed by atoms with Crippen LogP contribution in [0.25, 0.3) is 10.8 Å². The molecule has 3 aromatic rings. The van der Waals surface area contributed by atoms with Gasteiger partial charge >= 0.3 is 0 Å². The smallest absolute Gasteiger partial charge is 0.254 e. The van der Waals surface area contributed by atoms with E-state index in [-0.39, 0.29) is 17.7 Å². The minimum atomic E-state index is -0.420. The molecule has 1 atom stereocenters. The number of piperidine rings is 2. The summed E-state index contributed by atoms with van der Waals surface area (Å²) < 4.78 is 0. The Hall–Kier alpha value is -3.15. The number of halogens is 2. The van der Waals surface area contributed by atoms with Gasteiger partial charge in [-0.1, -0.05) is 60.0 Å². The molecule has 0 aliphatic carbocycles. The molecule has 0 spiro atoms. The van der Waals surface area contributed by atoms with Gasteiger partial charge in [0.25, 0.3) is 5.91 Å². The number of amides is 2. The normalized spacial score (nSPS) is 17.9. The second-order valence-electron chi connectivity index (χ2n) is 12.8. The van der Waals surface area contributed by atoms with E-state index in [9.17, 15) is 14.9 Å². The SMILES string of the molecule is CN(C)C(=O)C1(N2CCCCC2)CCN(CCC(CN(C)C(=O)c2cc(C#N)cc3ccccc23)c2ccc(Cl)c(Cl)c2)CC1. The molecule has 2 aliphatic heterocycles. The Morgan fingerprint density at radius 1 is 0.933 bits per heavy atom. The van der Waals surface area contributed by atoms with Gasteiger partial charge in [0.05, 0.1) is 21.7 Å². The minimum absolute atomic E-state index is 0.0105. The first kappa shape index (κ1) is 33.2. The summed E-state index contributed by atoms with van der Waals surface area (Å²) in [5.41, 5.74) is 1.60. The first-order valence-electron chi connectivity index (χ1n) is 16.0. The lowest BCUT2D eigenvalue weighted by Gasteiger charge is -2.50. The zero-order valence-electron chi connectivity index (χ0n) is 26.6. The predicted octanol–water partition coefficient (Wildman–Crippen LogP) is 6.67. The lowest BCUT2D eigenvalue weighted by Crippen LogP contribution is -2.64. The third-order valence-electron chi connectivity index (χ3n) is 9.72. The molecule has 0 N–H and O–H groups in total. The van der Waals surface area contributed by atoms with Crippen molar-refractivity contribution in [1.82, 2.24) is 19.6 Å². The van der Waals surface area contributed by atoms with Gasteiger partial charge in [-0.2, -0.15) is 5.26 Å². The maximum atomic E-state index is 13.9. The predicted molar refractivity (Wildman–Crippen MR) is 182 cm³/mol. The summed E-state index contributed by atoms with van der Waals surface area (Å²) in [4.78, 5) is 35.9. The van der Waals surface area contributed by atoms with Crippen molar-refractivity contribution in [2.45, 2.75) is 50.0 Å². The maximum Gasteiger partial charge on any atom is 0.254 e. The molecular weight excluding hydrogens is 605 g/mol. The number of hydrogen-bond acceptors (Lipinski definition) is 5. The van der Waals surface area contributed by atoms with Crippen LogP contribution < -0.4 is 0 Å². The molecule has 5 rings (SSSR count). The molecule has 0 saturated carbocycles. The van der Waals surface area contributed by atoms with Gasteiger partial charge in [0.15, 0.2) is 0 Å². The average molecular weight is 649 g/mol. The van der Waals surface area contributed by atoms with Gasteiger partial charge in [0.1, 0.15) is 5.54 Å². The molecule has 3 aromatic carbocycles. The van der Waals surface area contributed by atoms with Crippen molar-refractivity contribution >= 4 is 45.8 Å². The molecule has 2 heterocycles. The van der Waals surface area contributed by atoms with Gasteiger partial charge in [0, 0.05) is 52.3 Å². The number of fused-ring (bicyclic) bond motifs is 1.